The van der Waals surface area contributed by atoms with E-state index in [4.69, 9.17) is 0 Å². The summed E-state index contributed by atoms with van der Waals surface area (Å²) in [5.74, 6) is 0. The van der Waals surface area contributed by atoms with Crippen LogP contribution in [0.5, 0.6) is 0 Å². The zero-order chi connectivity index (χ0) is 14.8. The van der Waals surface area contributed by atoms with Crippen LogP contribution in [0.15, 0.2) is 46.9 Å². The highest BCUT2D eigenvalue weighted by molar-refractivity contribution is 9.10. The Bertz CT molecular complexity index is 608. The minimum absolute atomic E-state index is 0.348. The Labute approximate surface area is 123 Å². The van der Waals surface area contributed by atoms with E-state index >= 15 is 0 Å². The molecule has 0 amide bonds. The topological polar surface area (TPSA) is 12.0 Å². The predicted molar refractivity (Wildman–Crippen MR) is 77.6 cm³/mol. The fraction of sp³-hybridized carbons (Fsp3) is 0.200. The molecule has 2 aromatic carbocycles. The molecule has 106 valence electrons. The minimum atomic E-state index is -4.30. The lowest BCUT2D eigenvalue weighted by Crippen LogP contribution is -2.07. The van der Waals surface area contributed by atoms with Crippen molar-refractivity contribution in [2.45, 2.75) is 19.6 Å². The Morgan fingerprint density at radius 1 is 1.10 bits per heavy atom. The van der Waals surface area contributed by atoms with Crippen LogP contribution < -0.4 is 5.32 Å². The maximum absolute atomic E-state index is 12.6. The van der Waals surface area contributed by atoms with Crippen molar-refractivity contribution in [1.82, 2.24) is 0 Å². The third-order valence-corrected chi connectivity index (χ3v) is 3.43. The molecule has 0 unspecified atom stereocenters. The van der Waals surface area contributed by atoms with Gasteiger partial charge in [-0.2, -0.15) is 13.2 Å². The monoisotopic (exact) mass is 343 g/mol. The van der Waals surface area contributed by atoms with Gasteiger partial charge in [-0.05, 0) is 42.3 Å². The van der Waals surface area contributed by atoms with E-state index in [0.29, 0.717) is 12.1 Å². The zero-order valence-corrected chi connectivity index (χ0v) is 12.3. The van der Waals surface area contributed by atoms with E-state index in [1.807, 2.05) is 25.1 Å². The van der Waals surface area contributed by atoms with Gasteiger partial charge in [-0.3, -0.25) is 0 Å². The molecular formula is C15H13BrF3N. The molecule has 0 bridgehead atoms. The summed E-state index contributed by atoms with van der Waals surface area (Å²) in [4.78, 5) is 0. The summed E-state index contributed by atoms with van der Waals surface area (Å²) in [5.41, 5.74) is 1.92. The Morgan fingerprint density at radius 3 is 2.55 bits per heavy atom. The molecule has 0 spiro atoms. The van der Waals surface area contributed by atoms with Gasteiger partial charge in [-0.15, -0.1) is 0 Å². The molecule has 0 saturated carbocycles. The van der Waals surface area contributed by atoms with Gasteiger partial charge in [0, 0.05) is 16.7 Å². The van der Waals surface area contributed by atoms with Gasteiger partial charge in [0.05, 0.1) is 5.56 Å². The molecule has 0 aliphatic rings. The van der Waals surface area contributed by atoms with E-state index in [1.54, 1.807) is 6.07 Å². The number of alkyl halides is 3. The molecule has 5 heteroatoms. The van der Waals surface area contributed by atoms with E-state index in [2.05, 4.69) is 21.2 Å². The van der Waals surface area contributed by atoms with Crippen LogP contribution in [0.3, 0.4) is 0 Å². The number of rotatable bonds is 3. The largest absolute Gasteiger partial charge is 0.416 e. The van der Waals surface area contributed by atoms with Crippen LogP contribution in [-0.4, -0.2) is 0 Å². The van der Waals surface area contributed by atoms with E-state index in [1.165, 1.54) is 12.1 Å². The van der Waals surface area contributed by atoms with Gasteiger partial charge < -0.3 is 5.32 Å². The second kappa shape index (κ2) is 5.87. The predicted octanol–water partition coefficient (Wildman–Crippen LogP) is 5.39. The molecule has 0 aliphatic heterocycles. The first kappa shape index (κ1) is 14.9. The van der Waals surface area contributed by atoms with E-state index in [0.717, 1.165) is 21.8 Å². The average Bonchev–Trinajstić information content (AvgIpc) is 2.39. The normalized spacial score (nSPS) is 11.4. The third kappa shape index (κ3) is 3.76. The zero-order valence-electron chi connectivity index (χ0n) is 10.8. The van der Waals surface area contributed by atoms with Gasteiger partial charge in [0.2, 0.25) is 0 Å². The molecule has 1 nitrogen and oxygen atoms in total. The molecule has 2 aromatic rings. The number of benzene rings is 2. The van der Waals surface area contributed by atoms with Crippen molar-refractivity contribution >= 4 is 21.6 Å². The number of halogens is 4. The Morgan fingerprint density at radius 2 is 1.85 bits per heavy atom. The van der Waals surface area contributed by atoms with Gasteiger partial charge >= 0.3 is 6.18 Å². The van der Waals surface area contributed by atoms with Crippen molar-refractivity contribution in [3.05, 3.63) is 63.6 Å². The highest BCUT2D eigenvalue weighted by atomic mass is 79.9. The van der Waals surface area contributed by atoms with Gasteiger partial charge in [-0.25, -0.2) is 0 Å². The van der Waals surface area contributed by atoms with Gasteiger partial charge in [-0.1, -0.05) is 34.1 Å². The summed E-state index contributed by atoms with van der Waals surface area (Å²) in [6, 6.07) is 11.1. The summed E-state index contributed by atoms with van der Waals surface area (Å²) in [6.45, 7) is 2.29. The lowest BCUT2D eigenvalue weighted by atomic mass is 10.1. The van der Waals surface area contributed by atoms with Crippen LogP contribution in [0.1, 0.15) is 16.7 Å². The average molecular weight is 344 g/mol. The van der Waals surface area contributed by atoms with Gasteiger partial charge in [0.1, 0.15) is 0 Å². The highest BCUT2D eigenvalue weighted by Gasteiger charge is 2.30. The van der Waals surface area contributed by atoms with Crippen molar-refractivity contribution in [2.24, 2.45) is 0 Å². The van der Waals surface area contributed by atoms with Crippen LogP contribution in [0.25, 0.3) is 0 Å². The Kier molecular flexibility index (Phi) is 4.38. The van der Waals surface area contributed by atoms with Crippen molar-refractivity contribution in [1.29, 1.82) is 0 Å². The summed E-state index contributed by atoms with van der Waals surface area (Å²) in [6.07, 6.45) is -4.30. The maximum atomic E-state index is 12.6. The second-order valence-corrected chi connectivity index (χ2v) is 5.43. The van der Waals surface area contributed by atoms with Crippen molar-refractivity contribution in [2.75, 3.05) is 5.32 Å². The molecule has 0 aromatic heterocycles. The molecule has 0 atom stereocenters. The number of anilines is 1. The van der Waals surface area contributed by atoms with Crippen molar-refractivity contribution in [3.8, 4) is 0 Å². The summed E-state index contributed by atoms with van der Waals surface area (Å²) >= 11 is 3.37. The van der Waals surface area contributed by atoms with Crippen LogP contribution in [-0.2, 0) is 12.7 Å². The Balaban J connectivity index is 2.13. The standard InChI is InChI=1S/C15H13BrF3N/c1-10-5-6-13(16)8-14(10)20-9-11-3-2-4-12(7-11)15(17,18)19/h2-8,20H,9H2,1H3. The quantitative estimate of drug-likeness (QED) is 0.787. The summed E-state index contributed by atoms with van der Waals surface area (Å²) in [5, 5.41) is 3.15. The van der Waals surface area contributed by atoms with Crippen molar-refractivity contribution in [3.63, 3.8) is 0 Å². The highest BCUT2D eigenvalue weighted by Crippen LogP contribution is 2.29. The van der Waals surface area contributed by atoms with Gasteiger partial charge in [0.15, 0.2) is 0 Å². The first-order chi connectivity index (χ1) is 9.36. The lowest BCUT2D eigenvalue weighted by Gasteiger charge is -2.12. The van der Waals surface area contributed by atoms with E-state index in [-0.39, 0.29) is 0 Å². The fourth-order valence-electron chi connectivity index (χ4n) is 1.84. The summed E-state index contributed by atoms with van der Waals surface area (Å²) < 4.78 is 38.8. The molecule has 0 fully saturated rings. The Hall–Kier alpha value is -1.49. The molecule has 0 heterocycles. The number of hydrogen-bond donors (Lipinski definition) is 1. The van der Waals surface area contributed by atoms with Crippen LogP contribution in [0.4, 0.5) is 18.9 Å². The first-order valence-electron chi connectivity index (χ1n) is 6.02. The molecule has 20 heavy (non-hydrogen) atoms. The van der Waals surface area contributed by atoms with Crippen LogP contribution in [0.2, 0.25) is 0 Å². The lowest BCUT2D eigenvalue weighted by molar-refractivity contribution is -0.137. The molecule has 1 N–H and O–H groups in total. The van der Waals surface area contributed by atoms with E-state index < -0.39 is 11.7 Å². The number of nitrogens with one attached hydrogen (secondary N) is 1. The van der Waals surface area contributed by atoms with Gasteiger partial charge in [0.25, 0.3) is 0 Å². The maximum Gasteiger partial charge on any atom is 0.416 e. The molecular weight excluding hydrogens is 331 g/mol. The molecule has 0 saturated heterocycles. The fourth-order valence-corrected chi connectivity index (χ4v) is 2.20. The molecule has 2 rings (SSSR count). The SMILES string of the molecule is Cc1ccc(Br)cc1NCc1cccc(C(F)(F)F)c1. The smallest absolute Gasteiger partial charge is 0.381 e. The molecule has 0 aliphatic carbocycles. The van der Waals surface area contributed by atoms with Crippen LogP contribution >= 0.6 is 15.9 Å². The number of hydrogen-bond acceptors (Lipinski definition) is 1. The van der Waals surface area contributed by atoms with Crippen LogP contribution in [0, 0.1) is 6.92 Å². The first-order valence-corrected chi connectivity index (χ1v) is 6.82. The number of aryl methyl sites for hydroxylation is 1. The van der Waals surface area contributed by atoms with Crippen molar-refractivity contribution < 1.29 is 13.2 Å². The summed E-state index contributed by atoms with van der Waals surface area (Å²) in [7, 11) is 0. The third-order valence-electron chi connectivity index (χ3n) is 2.94. The van der Waals surface area contributed by atoms with E-state index in [9.17, 15) is 13.2 Å². The molecule has 0 radical (unpaired) electrons. The minimum Gasteiger partial charge on any atom is -0.381 e. The second-order valence-electron chi connectivity index (χ2n) is 4.51.